The molecule has 0 aromatic carbocycles. The van der Waals surface area contributed by atoms with Crippen molar-refractivity contribution >= 4 is 5.91 Å². The molecule has 0 radical (unpaired) electrons. The van der Waals surface area contributed by atoms with Crippen molar-refractivity contribution in [2.75, 3.05) is 6.54 Å². The van der Waals surface area contributed by atoms with Gasteiger partial charge in [0.15, 0.2) is 0 Å². The molecule has 0 spiro atoms. The number of rotatable bonds is 4. The molecule has 1 heterocycles. The summed E-state index contributed by atoms with van der Waals surface area (Å²) in [5.74, 6) is -0.292. The van der Waals surface area contributed by atoms with Gasteiger partial charge in [-0.15, -0.1) is 0 Å². The van der Waals surface area contributed by atoms with E-state index in [0.29, 0.717) is 6.54 Å². The lowest BCUT2D eigenvalue weighted by atomic mass is 10.3. The molecule has 1 aromatic rings. The molecule has 0 atom stereocenters. The Kier molecular flexibility index (Phi) is 3.97. The van der Waals surface area contributed by atoms with E-state index in [1.165, 1.54) is 0 Å². The number of azide groups is 1. The molecule has 1 amide bonds. The Morgan fingerprint density at radius 2 is 2.29 bits per heavy atom. The molecule has 0 saturated carbocycles. The van der Waals surface area contributed by atoms with Gasteiger partial charge in [-0.2, -0.15) is 0 Å². The maximum absolute atomic E-state index is 11.0. The number of hydrogen-bond donors (Lipinski definition) is 1. The Bertz CT molecular complexity index is 344. The number of amides is 1. The summed E-state index contributed by atoms with van der Waals surface area (Å²) in [6, 6.07) is 3.60. The first-order valence-corrected chi connectivity index (χ1v) is 3.99. The van der Waals surface area contributed by atoms with Gasteiger partial charge in [0.2, 0.25) is 5.91 Å². The van der Waals surface area contributed by atoms with Crippen molar-refractivity contribution in [2.24, 2.45) is 5.11 Å². The van der Waals surface area contributed by atoms with Gasteiger partial charge in [0.25, 0.3) is 0 Å². The summed E-state index contributed by atoms with van der Waals surface area (Å²) in [5, 5.41) is 5.74. The molecule has 0 aliphatic carbocycles. The lowest BCUT2D eigenvalue weighted by Crippen LogP contribution is -2.24. The van der Waals surface area contributed by atoms with Gasteiger partial charge in [-0.05, 0) is 23.2 Å². The summed E-state index contributed by atoms with van der Waals surface area (Å²) < 4.78 is 0. The summed E-state index contributed by atoms with van der Waals surface area (Å²) in [5.41, 5.74) is 8.92. The fourth-order valence-corrected chi connectivity index (χ4v) is 0.853. The van der Waals surface area contributed by atoms with Crippen molar-refractivity contribution in [1.82, 2.24) is 10.3 Å². The number of nitrogens with zero attached hydrogens (tertiary/aromatic N) is 4. The Hall–Kier alpha value is -2.07. The minimum absolute atomic E-state index is 0.165. The molecule has 72 valence electrons. The monoisotopic (exact) mass is 191 g/mol. The van der Waals surface area contributed by atoms with Crippen molar-refractivity contribution < 1.29 is 4.79 Å². The van der Waals surface area contributed by atoms with E-state index >= 15 is 0 Å². The predicted molar refractivity (Wildman–Crippen MR) is 50.1 cm³/mol. The number of carbonyl (C=O) groups excluding carboxylic acids is 1. The minimum Gasteiger partial charge on any atom is -0.352 e. The van der Waals surface area contributed by atoms with Crippen LogP contribution in [0.2, 0.25) is 0 Å². The van der Waals surface area contributed by atoms with Gasteiger partial charge in [-0.25, -0.2) is 0 Å². The van der Waals surface area contributed by atoms with Crippen LogP contribution in [0, 0.1) is 0 Å². The van der Waals surface area contributed by atoms with Crippen molar-refractivity contribution in [3.05, 3.63) is 40.5 Å². The average Bonchev–Trinajstić information content (AvgIpc) is 2.25. The Labute approximate surface area is 80.6 Å². The zero-order chi connectivity index (χ0) is 10.2. The summed E-state index contributed by atoms with van der Waals surface area (Å²) >= 11 is 0. The molecule has 14 heavy (non-hydrogen) atoms. The van der Waals surface area contributed by atoms with Gasteiger partial charge in [-0.3, -0.25) is 9.78 Å². The van der Waals surface area contributed by atoms with Gasteiger partial charge in [-0.1, -0.05) is 5.11 Å². The molecule has 1 aromatic heterocycles. The van der Waals surface area contributed by atoms with Crippen LogP contribution in [0.1, 0.15) is 5.56 Å². The quantitative estimate of drug-likeness (QED) is 0.437. The third-order valence-electron chi connectivity index (χ3n) is 1.52. The second kappa shape index (κ2) is 5.55. The highest BCUT2D eigenvalue weighted by Gasteiger charge is 1.97. The van der Waals surface area contributed by atoms with Crippen LogP contribution in [-0.4, -0.2) is 17.4 Å². The van der Waals surface area contributed by atoms with E-state index in [2.05, 4.69) is 20.3 Å². The largest absolute Gasteiger partial charge is 0.352 e. The third-order valence-corrected chi connectivity index (χ3v) is 1.52. The summed E-state index contributed by atoms with van der Waals surface area (Å²) in [4.78, 5) is 17.3. The fourth-order valence-electron chi connectivity index (χ4n) is 0.853. The summed E-state index contributed by atoms with van der Waals surface area (Å²) in [6.45, 7) is 0.254. The zero-order valence-electron chi connectivity index (χ0n) is 7.42. The smallest absolute Gasteiger partial charge is 0.226 e. The lowest BCUT2D eigenvalue weighted by molar-refractivity contribution is -0.119. The first kappa shape index (κ1) is 10.0. The van der Waals surface area contributed by atoms with E-state index in [9.17, 15) is 4.79 Å². The molecule has 1 rings (SSSR count). The first-order valence-electron chi connectivity index (χ1n) is 3.99. The lowest BCUT2D eigenvalue weighted by Gasteiger charge is -2.01. The highest BCUT2D eigenvalue weighted by molar-refractivity contribution is 5.78. The molecule has 6 nitrogen and oxygen atoms in total. The number of pyridine rings is 1. The number of aromatic nitrogens is 1. The van der Waals surface area contributed by atoms with Gasteiger partial charge >= 0.3 is 0 Å². The van der Waals surface area contributed by atoms with Crippen LogP contribution in [0.25, 0.3) is 10.4 Å². The standard InChI is InChI=1S/C8H9N5O/c9-13-12-6-8(14)11-5-7-1-3-10-4-2-7/h1-4H,5-6H2,(H,11,14). The van der Waals surface area contributed by atoms with Gasteiger partial charge in [0, 0.05) is 23.9 Å². The van der Waals surface area contributed by atoms with Crippen LogP contribution >= 0.6 is 0 Å². The van der Waals surface area contributed by atoms with Crippen molar-refractivity contribution in [2.45, 2.75) is 6.54 Å². The van der Waals surface area contributed by atoms with Crippen molar-refractivity contribution in [3.8, 4) is 0 Å². The van der Waals surface area contributed by atoms with E-state index in [1.54, 1.807) is 24.5 Å². The molecular formula is C8H9N5O. The van der Waals surface area contributed by atoms with E-state index in [-0.39, 0.29) is 12.5 Å². The summed E-state index contributed by atoms with van der Waals surface area (Å²) in [6.07, 6.45) is 3.30. The van der Waals surface area contributed by atoms with E-state index < -0.39 is 0 Å². The summed E-state index contributed by atoms with van der Waals surface area (Å²) in [7, 11) is 0. The maximum atomic E-state index is 11.0. The first-order chi connectivity index (χ1) is 6.83. The molecule has 0 saturated heterocycles. The Morgan fingerprint density at radius 3 is 2.93 bits per heavy atom. The number of carbonyl (C=O) groups is 1. The number of hydrogen-bond acceptors (Lipinski definition) is 3. The second-order valence-electron chi connectivity index (χ2n) is 2.52. The van der Waals surface area contributed by atoms with Crippen molar-refractivity contribution in [1.29, 1.82) is 0 Å². The van der Waals surface area contributed by atoms with E-state index in [0.717, 1.165) is 5.56 Å². The molecule has 0 aliphatic heterocycles. The van der Waals surface area contributed by atoms with Crippen LogP contribution in [0.5, 0.6) is 0 Å². The average molecular weight is 191 g/mol. The van der Waals surface area contributed by atoms with Crippen LogP contribution in [0.3, 0.4) is 0 Å². The van der Waals surface area contributed by atoms with Crippen molar-refractivity contribution in [3.63, 3.8) is 0 Å². The number of nitrogens with one attached hydrogen (secondary N) is 1. The predicted octanol–water partition coefficient (Wildman–Crippen LogP) is 1.01. The topological polar surface area (TPSA) is 90.8 Å². The zero-order valence-corrected chi connectivity index (χ0v) is 7.42. The highest BCUT2D eigenvalue weighted by Crippen LogP contribution is 1.94. The van der Waals surface area contributed by atoms with Crippen LogP contribution in [0.4, 0.5) is 0 Å². The maximum Gasteiger partial charge on any atom is 0.226 e. The van der Waals surface area contributed by atoms with Gasteiger partial charge in [0.05, 0.1) is 0 Å². The van der Waals surface area contributed by atoms with E-state index in [4.69, 9.17) is 5.53 Å². The molecule has 1 N–H and O–H groups in total. The second-order valence-corrected chi connectivity index (χ2v) is 2.52. The normalized spacial score (nSPS) is 8.86. The molecule has 6 heteroatoms. The highest BCUT2D eigenvalue weighted by atomic mass is 16.1. The SMILES string of the molecule is [N-]=[N+]=NCC(=O)NCc1ccncc1. The van der Waals surface area contributed by atoms with Gasteiger partial charge in [0.1, 0.15) is 6.54 Å². The van der Waals surface area contributed by atoms with Crippen LogP contribution in [-0.2, 0) is 11.3 Å². The molecule has 0 fully saturated rings. The molecule has 0 unspecified atom stereocenters. The molecular weight excluding hydrogens is 182 g/mol. The van der Waals surface area contributed by atoms with E-state index in [1.807, 2.05) is 0 Å². The fraction of sp³-hybridized carbons (Fsp3) is 0.250. The minimum atomic E-state index is -0.292. The van der Waals surface area contributed by atoms with Crippen LogP contribution < -0.4 is 5.32 Å². The Balaban J connectivity index is 2.34. The van der Waals surface area contributed by atoms with Gasteiger partial charge < -0.3 is 5.32 Å². The molecule has 0 aliphatic rings. The molecule has 0 bridgehead atoms. The Morgan fingerprint density at radius 1 is 1.57 bits per heavy atom. The third kappa shape index (κ3) is 3.55. The van der Waals surface area contributed by atoms with Crippen LogP contribution in [0.15, 0.2) is 29.6 Å².